The molecular weight excluding hydrogens is 336 g/mol. The molecule has 3 heterocycles. The molecule has 0 aliphatic carbocycles. The molecule has 0 unspecified atom stereocenters. The summed E-state index contributed by atoms with van der Waals surface area (Å²) in [4.78, 5) is 43.3. The van der Waals surface area contributed by atoms with Crippen LogP contribution in [0.2, 0.25) is 0 Å². The molecule has 3 aromatic heterocycles. The van der Waals surface area contributed by atoms with Crippen molar-refractivity contribution in [3.63, 3.8) is 0 Å². The Balaban J connectivity index is 1.74. The summed E-state index contributed by atoms with van der Waals surface area (Å²) in [6.45, 7) is 2.81. The van der Waals surface area contributed by atoms with Gasteiger partial charge in [-0.1, -0.05) is 5.16 Å². The molecule has 0 spiro atoms. The summed E-state index contributed by atoms with van der Waals surface area (Å²) in [6, 6.07) is 1.45. The van der Waals surface area contributed by atoms with Crippen molar-refractivity contribution in [1.29, 1.82) is 0 Å². The van der Waals surface area contributed by atoms with Crippen LogP contribution in [-0.4, -0.2) is 33.6 Å². The molecule has 0 aliphatic rings. The Hall–Kier alpha value is -3.01. The number of hydrogen-bond acceptors (Lipinski definition) is 8. The fraction of sp³-hybridized carbons (Fsp3) is 0.214. The van der Waals surface area contributed by atoms with Crippen molar-refractivity contribution in [3.05, 3.63) is 38.9 Å². The van der Waals surface area contributed by atoms with Crippen LogP contribution in [0.3, 0.4) is 0 Å². The molecule has 3 aromatic rings. The summed E-state index contributed by atoms with van der Waals surface area (Å²) in [6.07, 6.45) is 1.30. The SMILES string of the molecule is Cc1nc2sc(C(=O)OCC(=O)Nc3ccon3)c(C)c2c(=O)[nH]1. The van der Waals surface area contributed by atoms with Gasteiger partial charge in [0.05, 0.1) is 5.39 Å². The van der Waals surface area contributed by atoms with Crippen LogP contribution >= 0.6 is 11.3 Å². The van der Waals surface area contributed by atoms with Gasteiger partial charge in [-0.05, 0) is 19.4 Å². The van der Waals surface area contributed by atoms with E-state index in [4.69, 9.17) is 4.74 Å². The summed E-state index contributed by atoms with van der Waals surface area (Å²) < 4.78 is 9.55. The molecule has 0 fully saturated rings. The van der Waals surface area contributed by atoms with Crippen LogP contribution in [0, 0.1) is 13.8 Å². The third-order valence-corrected chi connectivity index (χ3v) is 4.31. The van der Waals surface area contributed by atoms with Crippen LogP contribution in [0.5, 0.6) is 0 Å². The first-order chi connectivity index (χ1) is 11.5. The summed E-state index contributed by atoms with van der Waals surface area (Å²) in [7, 11) is 0. The van der Waals surface area contributed by atoms with Crippen LogP contribution in [0.15, 0.2) is 21.6 Å². The predicted molar refractivity (Wildman–Crippen MR) is 85.1 cm³/mol. The largest absolute Gasteiger partial charge is 0.451 e. The predicted octanol–water partition coefficient (Wildman–Crippen LogP) is 1.38. The lowest BCUT2D eigenvalue weighted by Gasteiger charge is -2.03. The average Bonchev–Trinajstić information content (AvgIpc) is 3.12. The zero-order chi connectivity index (χ0) is 17.3. The number of carbonyl (C=O) groups excluding carboxylic acids is 2. The summed E-state index contributed by atoms with van der Waals surface area (Å²) >= 11 is 1.05. The minimum atomic E-state index is -0.692. The number of thiophene rings is 1. The van der Waals surface area contributed by atoms with E-state index >= 15 is 0 Å². The molecule has 0 radical (unpaired) electrons. The molecule has 0 saturated carbocycles. The van der Waals surface area contributed by atoms with E-state index in [2.05, 4.69) is 25.0 Å². The van der Waals surface area contributed by atoms with Crippen LogP contribution in [0.25, 0.3) is 10.2 Å². The van der Waals surface area contributed by atoms with E-state index in [0.717, 1.165) is 11.3 Å². The lowest BCUT2D eigenvalue weighted by Crippen LogP contribution is -2.21. The number of aryl methyl sites for hydroxylation is 2. The van der Waals surface area contributed by atoms with Crippen molar-refractivity contribution in [2.75, 3.05) is 11.9 Å². The van der Waals surface area contributed by atoms with Gasteiger partial charge in [0, 0.05) is 6.07 Å². The molecule has 1 amide bonds. The van der Waals surface area contributed by atoms with E-state index in [-0.39, 0.29) is 16.3 Å². The molecule has 124 valence electrons. The maximum Gasteiger partial charge on any atom is 0.349 e. The number of amides is 1. The third kappa shape index (κ3) is 3.04. The number of nitrogens with one attached hydrogen (secondary N) is 2. The molecule has 0 aliphatic heterocycles. The van der Waals surface area contributed by atoms with Gasteiger partial charge >= 0.3 is 5.97 Å². The second-order valence-electron chi connectivity index (χ2n) is 4.90. The van der Waals surface area contributed by atoms with E-state index in [1.54, 1.807) is 13.8 Å². The number of nitrogens with zero attached hydrogens (tertiary/aromatic N) is 2. The second kappa shape index (κ2) is 6.24. The number of esters is 1. The smallest absolute Gasteiger partial charge is 0.349 e. The van der Waals surface area contributed by atoms with Crippen molar-refractivity contribution in [1.82, 2.24) is 15.1 Å². The van der Waals surface area contributed by atoms with Gasteiger partial charge in [0.2, 0.25) is 0 Å². The van der Waals surface area contributed by atoms with Gasteiger partial charge in [0.1, 0.15) is 21.8 Å². The highest BCUT2D eigenvalue weighted by molar-refractivity contribution is 7.20. The molecular formula is C14H12N4O5S. The molecule has 24 heavy (non-hydrogen) atoms. The highest BCUT2D eigenvalue weighted by Crippen LogP contribution is 2.27. The maximum atomic E-state index is 12.2. The van der Waals surface area contributed by atoms with Crippen LogP contribution in [0.4, 0.5) is 5.82 Å². The van der Waals surface area contributed by atoms with Crippen LogP contribution < -0.4 is 10.9 Å². The van der Waals surface area contributed by atoms with Gasteiger partial charge in [0.15, 0.2) is 12.4 Å². The van der Waals surface area contributed by atoms with Gasteiger partial charge in [-0.2, -0.15) is 0 Å². The minimum Gasteiger partial charge on any atom is -0.451 e. The molecule has 0 atom stereocenters. The Morgan fingerprint density at radius 2 is 2.21 bits per heavy atom. The highest BCUT2D eigenvalue weighted by Gasteiger charge is 2.21. The molecule has 0 bridgehead atoms. The Kier molecular flexibility index (Phi) is 4.13. The second-order valence-corrected chi connectivity index (χ2v) is 5.90. The van der Waals surface area contributed by atoms with Crippen molar-refractivity contribution >= 4 is 39.2 Å². The number of fused-ring (bicyclic) bond motifs is 1. The van der Waals surface area contributed by atoms with Crippen molar-refractivity contribution in [2.45, 2.75) is 13.8 Å². The van der Waals surface area contributed by atoms with E-state index in [1.165, 1.54) is 12.3 Å². The zero-order valence-electron chi connectivity index (χ0n) is 12.7. The first kappa shape index (κ1) is 15.9. The number of H-pyrrole nitrogens is 1. The first-order valence-electron chi connectivity index (χ1n) is 6.83. The number of aromatic amines is 1. The quantitative estimate of drug-likeness (QED) is 0.682. The van der Waals surface area contributed by atoms with E-state index in [9.17, 15) is 14.4 Å². The van der Waals surface area contributed by atoms with Gasteiger partial charge in [0.25, 0.3) is 11.5 Å². The van der Waals surface area contributed by atoms with Crippen LogP contribution in [0.1, 0.15) is 21.1 Å². The number of hydrogen-bond donors (Lipinski definition) is 2. The summed E-state index contributed by atoms with van der Waals surface area (Å²) in [5.41, 5.74) is 0.166. The number of anilines is 1. The van der Waals surface area contributed by atoms with Gasteiger partial charge in [-0.25, -0.2) is 9.78 Å². The van der Waals surface area contributed by atoms with Crippen molar-refractivity contribution in [3.8, 4) is 0 Å². The zero-order valence-corrected chi connectivity index (χ0v) is 13.5. The third-order valence-electron chi connectivity index (χ3n) is 3.14. The van der Waals surface area contributed by atoms with Crippen molar-refractivity contribution in [2.24, 2.45) is 0 Å². The summed E-state index contributed by atoms with van der Waals surface area (Å²) in [5.74, 6) is -0.563. The number of rotatable bonds is 4. The Labute approximate surface area is 138 Å². The van der Waals surface area contributed by atoms with Crippen LogP contribution in [-0.2, 0) is 9.53 Å². The average molecular weight is 348 g/mol. The topological polar surface area (TPSA) is 127 Å². The number of carbonyl (C=O) groups is 2. The van der Waals surface area contributed by atoms with E-state index in [1.807, 2.05) is 0 Å². The monoisotopic (exact) mass is 348 g/mol. The first-order valence-corrected chi connectivity index (χ1v) is 7.64. The molecule has 0 saturated heterocycles. The molecule has 3 rings (SSSR count). The lowest BCUT2D eigenvalue weighted by molar-refractivity contribution is -0.119. The van der Waals surface area contributed by atoms with E-state index in [0.29, 0.717) is 21.6 Å². The van der Waals surface area contributed by atoms with Crippen molar-refractivity contribution < 1.29 is 18.8 Å². The molecule has 10 heteroatoms. The summed E-state index contributed by atoms with van der Waals surface area (Å²) in [5, 5.41) is 6.26. The highest BCUT2D eigenvalue weighted by atomic mass is 32.1. The molecule has 0 aromatic carbocycles. The normalized spacial score (nSPS) is 10.8. The maximum absolute atomic E-state index is 12.2. The van der Waals surface area contributed by atoms with Gasteiger partial charge in [-0.3, -0.25) is 9.59 Å². The Bertz CT molecular complexity index is 973. The number of aromatic nitrogens is 3. The van der Waals surface area contributed by atoms with E-state index < -0.39 is 18.5 Å². The fourth-order valence-electron chi connectivity index (χ4n) is 2.10. The fourth-order valence-corrected chi connectivity index (χ4v) is 3.22. The molecule has 2 N–H and O–H groups in total. The lowest BCUT2D eigenvalue weighted by atomic mass is 10.2. The molecule has 9 nitrogen and oxygen atoms in total. The number of ether oxygens (including phenoxy) is 1. The minimum absolute atomic E-state index is 0.223. The Morgan fingerprint density at radius 1 is 1.42 bits per heavy atom. The van der Waals surface area contributed by atoms with Gasteiger partial charge < -0.3 is 19.6 Å². The Morgan fingerprint density at radius 3 is 2.92 bits per heavy atom. The standard InChI is InChI=1S/C14H12N4O5S/c1-6-10-12(20)15-7(2)16-13(10)24-11(6)14(21)22-5-9(19)17-8-3-4-23-18-8/h3-4H,5H2,1-2H3,(H,15,16,20)(H,17,18,19). The van der Waals surface area contributed by atoms with Gasteiger partial charge in [-0.15, -0.1) is 11.3 Å².